The number of nitro benzene ring substituents is 1. The normalized spacial score (nSPS) is 34.5. The Kier molecular flexibility index (Phi) is 3.14. The van der Waals surface area contributed by atoms with Crippen LogP contribution in [0, 0.1) is 22.0 Å². The number of nitro groups is 1. The van der Waals surface area contributed by atoms with Crippen LogP contribution in [0.4, 0.5) is 21.0 Å². The summed E-state index contributed by atoms with van der Waals surface area (Å²) in [5, 5.41) is 13.8. The van der Waals surface area contributed by atoms with E-state index < -0.39 is 17.1 Å². The molecule has 2 bridgehead atoms. The van der Waals surface area contributed by atoms with Crippen molar-refractivity contribution in [2.24, 2.45) is 11.8 Å². The van der Waals surface area contributed by atoms with Gasteiger partial charge in [0.05, 0.1) is 43.3 Å². The van der Waals surface area contributed by atoms with Crippen LogP contribution in [0.15, 0.2) is 24.3 Å². The minimum atomic E-state index is -0.576. The Hall–Kier alpha value is -3.04. The van der Waals surface area contributed by atoms with Gasteiger partial charge < -0.3 is 14.4 Å². The van der Waals surface area contributed by atoms with Crippen molar-refractivity contribution in [1.82, 2.24) is 10.0 Å². The maximum Gasteiger partial charge on any atom is 0.429 e. The molecule has 27 heavy (non-hydrogen) atoms. The molecule has 0 spiro atoms. The van der Waals surface area contributed by atoms with E-state index in [0.29, 0.717) is 0 Å². The molecule has 2 saturated heterocycles. The molecule has 4 aliphatic rings. The van der Waals surface area contributed by atoms with E-state index in [0.717, 1.165) is 12.1 Å². The maximum absolute atomic E-state index is 12.2. The number of carbonyl (C=O) groups is 2. The highest BCUT2D eigenvalue weighted by atomic mass is 16.6. The summed E-state index contributed by atoms with van der Waals surface area (Å²) in [4.78, 5) is 37.2. The number of carbonyl (C=O) groups excluding carboxylic acids is 2. The summed E-state index contributed by atoms with van der Waals surface area (Å²) in [7, 11) is 2.57. The number of hydrazine groups is 1. The third-order valence-corrected chi connectivity index (χ3v) is 6.41. The topological polar surface area (TPSA) is 105 Å². The lowest BCUT2D eigenvalue weighted by molar-refractivity contribution is -0.384. The van der Waals surface area contributed by atoms with E-state index in [1.165, 1.54) is 30.3 Å². The second-order valence-corrected chi connectivity index (χ2v) is 7.34. The van der Waals surface area contributed by atoms with Gasteiger partial charge in [0.25, 0.3) is 5.69 Å². The summed E-state index contributed by atoms with van der Waals surface area (Å²) in [6.07, 6.45) is -0.238. The first kappa shape index (κ1) is 16.2. The molecule has 142 valence electrons. The summed E-state index contributed by atoms with van der Waals surface area (Å²) >= 11 is 0. The number of hydrogen-bond acceptors (Lipinski definition) is 7. The molecule has 0 radical (unpaired) electrons. The molecule has 1 aromatic rings. The fraction of sp³-hybridized carbons (Fsp3) is 0.529. The lowest BCUT2D eigenvalue weighted by atomic mass is 9.86. The van der Waals surface area contributed by atoms with Gasteiger partial charge in [-0.1, -0.05) is 6.07 Å². The quantitative estimate of drug-likeness (QED) is 0.440. The third kappa shape index (κ3) is 1.89. The van der Waals surface area contributed by atoms with Crippen LogP contribution in [0.3, 0.4) is 0 Å². The van der Waals surface area contributed by atoms with Crippen molar-refractivity contribution >= 4 is 23.6 Å². The number of benzene rings is 1. The number of fused-ring (bicyclic) bond motifs is 8. The molecule has 2 aliphatic heterocycles. The number of anilines is 1. The zero-order valence-corrected chi connectivity index (χ0v) is 14.7. The van der Waals surface area contributed by atoms with Gasteiger partial charge in [-0.25, -0.2) is 19.6 Å². The predicted molar refractivity (Wildman–Crippen MR) is 90.8 cm³/mol. The number of non-ortho nitro benzene ring substituents is 1. The van der Waals surface area contributed by atoms with E-state index in [1.807, 2.05) is 6.07 Å². The number of ether oxygens (including phenoxy) is 2. The number of hydrogen-bond donors (Lipinski definition) is 0. The summed E-state index contributed by atoms with van der Waals surface area (Å²) < 4.78 is 9.69. The van der Waals surface area contributed by atoms with Gasteiger partial charge in [0.2, 0.25) is 0 Å². The molecule has 0 unspecified atom stereocenters. The predicted octanol–water partition coefficient (Wildman–Crippen LogP) is 1.60. The molecule has 2 aliphatic carbocycles. The van der Waals surface area contributed by atoms with Gasteiger partial charge in [0, 0.05) is 29.7 Å². The van der Waals surface area contributed by atoms with Crippen molar-refractivity contribution in [2.75, 3.05) is 19.1 Å². The first-order valence-electron chi connectivity index (χ1n) is 8.76. The largest absolute Gasteiger partial charge is 0.452 e. The van der Waals surface area contributed by atoms with Gasteiger partial charge >= 0.3 is 12.2 Å². The highest BCUT2D eigenvalue weighted by Gasteiger charge is 2.78. The highest BCUT2D eigenvalue weighted by Crippen LogP contribution is 2.65. The van der Waals surface area contributed by atoms with E-state index >= 15 is 0 Å². The van der Waals surface area contributed by atoms with E-state index in [1.54, 1.807) is 12.1 Å². The van der Waals surface area contributed by atoms with Crippen LogP contribution < -0.4 is 4.90 Å². The zero-order valence-electron chi connectivity index (χ0n) is 14.7. The van der Waals surface area contributed by atoms with Crippen LogP contribution in [0.1, 0.15) is 6.42 Å². The number of rotatable bonds is 2. The second kappa shape index (κ2) is 5.24. The minimum Gasteiger partial charge on any atom is -0.452 e. The molecule has 5 rings (SSSR count). The summed E-state index contributed by atoms with van der Waals surface area (Å²) in [6, 6.07) is 6.84. The summed E-state index contributed by atoms with van der Waals surface area (Å²) in [6.45, 7) is 0. The minimum absolute atomic E-state index is 0.0557. The van der Waals surface area contributed by atoms with Crippen molar-refractivity contribution in [3.63, 3.8) is 0 Å². The fourth-order valence-electron chi connectivity index (χ4n) is 5.56. The van der Waals surface area contributed by atoms with Crippen molar-refractivity contribution in [2.45, 2.75) is 30.6 Å². The Bertz CT molecular complexity index is 822. The molecular weight excluding hydrogens is 356 g/mol. The SMILES string of the molecule is COC(=O)N1[C@@H]2[C@@H]3C[C@@H]([C@@H]4[C@H]3N4c3cccc([N+](=O)[O-])c3)[C@@H]2N1C(=O)OC. The molecule has 6 atom stereocenters. The van der Waals surface area contributed by atoms with E-state index in [4.69, 9.17) is 9.47 Å². The Morgan fingerprint density at radius 1 is 1.04 bits per heavy atom. The first-order valence-corrected chi connectivity index (χ1v) is 8.76. The lowest BCUT2D eigenvalue weighted by Gasteiger charge is -2.55. The van der Waals surface area contributed by atoms with Gasteiger partial charge in [-0.05, 0) is 12.5 Å². The van der Waals surface area contributed by atoms with Crippen molar-refractivity contribution in [3.8, 4) is 0 Å². The van der Waals surface area contributed by atoms with Gasteiger partial charge in [-0.15, -0.1) is 0 Å². The zero-order chi connectivity index (χ0) is 19.0. The van der Waals surface area contributed by atoms with Crippen LogP contribution in [0.2, 0.25) is 0 Å². The average molecular weight is 374 g/mol. The lowest BCUT2D eigenvalue weighted by Crippen LogP contribution is -2.76. The van der Waals surface area contributed by atoms with Gasteiger partial charge in [0.1, 0.15) is 0 Å². The molecule has 10 heteroatoms. The Morgan fingerprint density at radius 2 is 1.59 bits per heavy atom. The number of methoxy groups -OCH3 is 2. The molecule has 2 amide bonds. The first-order chi connectivity index (χ1) is 13.0. The Balaban J connectivity index is 1.44. The smallest absolute Gasteiger partial charge is 0.429 e. The van der Waals surface area contributed by atoms with Crippen molar-refractivity contribution in [1.29, 1.82) is 0 Å². The van der Waals surface area contributed by atoms with Gasteiger partial charge in [-0.3, -0.25) is 10.1 Å². The molecule has 1 aromatic carbocycles. The van der Waals surface area contributed by atoms with Crippen LogP contribution in [-0.2, 0) is 9.47 Å². The Morgan fingerprint density at radius 3 is 2.07 bits per heavy atom. The van der Waals surface area contributed by atoms with E-state index in [-0.39, 0.29) is 41.7 Å². The number of amides is 2. The third-order valence-electron chi connectivity index (χ3n) is 6.41. The monoisotopic (exact) mass is 374 g/mol. The number of piperidine rings is 1. The van der Waals surface area contributed by atoms with Crippen molar-refractivity contribution < 1.29 is 24.0 Å². The van der Waals surface area contributed by atoms with Gasteiger partial charge in [0.15, 0.2) is 0 Å². The molecule has 2 saturated carbocycles. The molecule has 4 fully saturated rings. The van der Waals surface area contributed by atoms with Crippen LogP contribution >= 0.6 is 0 Å². The molecule has 10 nitrogen and oxygen atoms in total. The molecular formula is C17H18N4O6. The van der Waals surface area contributed by atoms with Gasteiger partial charge in [-0.2, -0.15) is 0 Å². The van der Waals surface area contributed by atoms with Crippen LogP contribution in [0.25, 0.3) is 0 Å². The fourth-order valence-corrected chi connectivity index (χ4v) is 5.56. The standard InChI is InChI=1S/C17H18N4O6/c1-26-16(22)19-14-10-7-11(15(14)20(19)17(23)27-2)13-12(10)18(13)8-4-3-5-9(6-8)21(24)25/h3-6,10-15H,7H2,1-2H3/t10-,11+,12+,13-,14-,15+,18?. The summed E-state index contributed by atoms with van der Waals surface area (Å²) in [5.74, 6) is 0.397. The average Bonchev–Trinajstić information content (AvgIpc) is 3.21. The van der Waals surface area contributed by atoms with E-state index in [9.17, 15) is 19.7 Å². The molecule has 2 heterocycles. The highest BCUT2D eigenvalue weighted by molar-refractivity contribution is 5.78. The van der Waals surface area contributed by atoms with Crippen molar-refractivity contribution in [3.05, 3.63) is 34.4 Å². The maximum atomic E-state index is 12.2. The van der Waals surface area contributed by atoms with Crippen LogP contribution in [0.5, 0.6) is 0 Å². The summed E-state index contributed by atoms with van der Waals surface area (Å²) in [5.41, 5.74) is 0.865. The Labute approximate surface area is 154 Å². The number of nitrogens with zero attached hydrogens (tertiary/aromatic N) is 4. The molecule has 0 N–H and O–H groups in total. The van der Waals surface area contributed by atoms with E-state index in [2.05, 4.69) is 4.90 Å². The molecule has 0 aromatic heterocycles. The second-order valence-electron chi connectivity index (χ2n) is 7.34. The van der Waals surface area contributed by atoms with Crippen LogP contribution in [-0.4, -0.2) is 65.5 Å².